The van der Waals surface area contributed by atoms with Gasteiger partial charge in [-0.25, -0.2) is 0 Å². The van der Waals surface area contributed by atoms with Crippen LogP contribution in [0.5, 0.6) is 5.75 Å². The minimum atomic E-state index is -0.556. The highest BCUT2D eigenvalue weighted by molar-refractivity contribution is 6.42. The molecule has 0 aliphatic carbocycles. The number of carbonyl (C=O) groups is 2. The number of ether oxygens (including phenoxy) is 1. The molecule has 31 heavy (non-hydrogen) atoms. The Labute approximate surface area is 194 Å². The predicted molar refractivity (Wildman–Crippen MR) is 126 cm³/mol. The first-order valence-corrected chi connectivity index (χ1v) is 11.3. The van der Waals surface area contributed by atoms with E-state index in [1.165, 1.54) is 0 Å². The Hall–Kier alpha value is -2.24. The third-order valence-corrected chi connectivity index (χ3v) is 5.64. The van der Waals surface area contributed by atoms with E-state index < -0.39 is 6.04 Å². The van der Waals surface area contributed by atoms with Crippen molar-refractivity contribution in [2.75, 3.05) is 13.2 Å². The van der Waals surface area contributed by atoms with Crippen LogP contribution in [0.25, 0.3) is 0 Å². The highest BCUT2D eigenvalue weighted by Crippen LogP contribution is 2.24. The maximum Gasteiger partial charge on any atom is 0.242 e. The molecule has 0 aliphatic heterocycles. The largest absolute Gasteiger partial charge is 0.494 e. The molecule has 1 unspecified atom stereocenters. The molecule has 168 valence electrons. The summed E-state index contributed by atoms with van der Waals surface area (Å²) in [6.45, 7) is 6.99. The van der Waals surface area contributed by atoms with Gasteiger partial charge in [-0.1, -0.05) is 53.9 Å². The van der Waals surface area contributed by atoms with Crippen LogP contribution in [0.1, 0.15) is 44.2 Å². The summed E-state index contributed by atoms with van der Waals surface area (Å²) in [6.07, 6.45) is 1.35. The lowest BCUT2D eigenvalue weighted by molar-refractivity contribution is -0.141. The molecular weight excluding hydrogens is 435 g/mol. The third-order valence-electron chi connectivity index (χ3n) is 4.90. The number of amides is 2. The van der Waals surface area contributed by atoms with Gasteiger partial charge in [0.25, 0.3) is 0 Å². The standard InChI is InChI=1S/C24H30Cl2N2O3/c1-4-22(24(30)27-5-2)28(16-18-10-13-20(25)21(26)15-18)23(29)7-6-14-31-19-11-8-17(3)9-12-19/h8-13,15,22H,4-7,14,16H2,1-3H3,(H,27,30). The van der Waals surface area contributed by atoms with Gasteiger partial charge in [0.1, 0.15) is 11.8 Å². The summed E-state index contributed by atoms with van der Waals surface area (Å²) in [4.78, 5) is 27.3. The highest BCUT2D eigenvalue weighted by atomic mass is 35.5. The van der Waals surface area contributed by atoms with Crippen LogP contribution >= 0.6 is 23.2 Å². The molecule has 0 radical (unpaired) electrons. The van der Waals surface area contributed by atoms with Crippen LogP contribution in [0.3, 0.4) is 0 Å². The van der Waals surface area contributed by atoms with Gasteiger partial charge in [0.15, 0.2) is 0 Å². The normalized spacial score (nSPS) is 11.6. The van der Waals surface area contributed by atoms with Gasteiger partial charge in [-0.15, -0.1) is 0 Å². The maximum absolute atomic E-state index is 13.1. The van der Waals surface area contributed by atoms with Crippen molar-refractivity contribution in [3.8, 4) is 5.75 Å². The van der Waals surface area contributed by atoms with Gasteiger partial charge in [0.05, 0.1) is 16.7 Å². The predicted octanol–water partition coefficient (Wildman–Crippen LogP) is 5.40. The maximum atomic E-state index is 13.1. The minimum Gasteiger partial charge on any atom is -0.494 e. The van der Waals surface area contributed by atoms with Crippen molar-refractivity contribution < 1.29 is 14.3 Å². The second-order valence-electron chi connectivity index (χ2n) is 7.35. The van der Waals surface area contributed by atoms with E-state index in [0.717, 1.165) is 16.9 Å². The van der Waals surface area contributed by atoms with E-state index in [-0.39, 0.29) is 24.8 Å². The number of likely N-dealkylation sites (N-methyl/N-ethyl adjacent to an activating group) is 1. The molecule has 5 nitrogen and oxygen atoms in total. The van der Waals surface area contributed by atoms with E-state index >= 15 is 0 Å². The molecule has 2 aromatic rings. The summed E-state index contributed by atoms with van der Waals surface area (Å²) in [5.41, 5.74) is 1.98. The molecule has 2 aromatic carbocycles. The number of hydrogen-bond donors (Lipinski definition) is 1. The molecule has 0 heterocycles. The summed E-state index contributed by atoms with van der Waals surface area (Å²) in [5.74, 6) is 0.519. The summed E-state index contributed by atoms with van der Waals surface area (Å²) < 4.78 is 5.73. The molecule has 0 aromatic heterocycles. The van der Waals surface area contributed by atoms with Crippen LogP contribution in [0.15, 0.2) is 42.5 Å². The van der Waals surface area contributed by atoms with E-state index in [0.29, 0.717) is 36.0 Å². The quantitative estimate of drug-likeness (QED) is 0.452. The van der Waals surface area contributed by atoms with Crippen molar-refractivity contribution >= 4 is 35.0 Å². The molecule has 0 saturated carbocycles. The lowest BCUT2D eigenvalue weighted by Crippen LogP contribution is -2.49. The van der Waals surface area contributed by atoms with Crippen molar-refractivity contribution in [2.45, 2.75) is 52.6 Å². The molecule has 0 aliphatic rings. The molecule has 7 heteroatoms. The molecule has 0 fully saturated rings. The first-order chi connectivity index (χ1) is 14.8. The molecule has 2 rings (SSSR count). The Morgan fingerprint density at radius 3 is 2.39 bits per heavy atom. The second-order valence-corrected chi connectivity index (χ2v) is 8.17. The van der Waals surface area contributed by atoms with E-state index in [9.17, 15) is 9.59 Å². The van der Waals surface area contributed by atoms with Gasteiger partial charge in [0, 0.05) is 19.5 Å². The molecule has 1 atom stereocenters. The van der Waals surface area contributed by atoms with E-state index in [2.05, 4.69) is 5.32 Å². The summed E-state index contributed by atoms with van der Waals surface area (Å²) in [5, 5.41) is 3.70. The van der Waals surface area contributed by atoms with E-state index in [4.69, 9.17) is 27.9 Å². The zero-order chi connectivity index (χ0) is 22.8. The van der Waals surface area contributed by atoms with Gasteiger partial charge in [-0.3, -0.25) is 9.59 Å². The van der Waals surface area contributed by atoms with Gasteiger partial charge in [-0.05, 0) is 56.5 Å². The summed E-state index contributed by atoms with van der Waals surface area (Å²) >= 11 is 12.2. The van der Waals surface area contributed by atoms with Crippen molar-refractivity contribution in [2.24, 2.45) is 0 Å². The Kier molecular flexibility index (Phi) is 10.2. The minimum absolute atomic E-state index is 0.100. The number of rotatable bonds is 11. The van der Waals surface area contributed by atoms with Crippen LogP contribution in [0.2, 0.25) is 10.0 Å². The molecule has 0 bridgehead atoms. The van der Waals surface area contributed by atoms with E-state index in [1.54, 1.807) is 17.0 Å². The number of aryl methyl sites for hydroxylation is 1. The molecule has 2 amide bonds. The van der Waals surface area contributed by atoms with Crippen LogP contribution in [0, 0.1) is 6.92 Å². The average Bonchev–Trinajstić information content (AvgIpc) is 2.75. The van der Waals surface area contributed by atoms with Crippen molar-refractivity contribution in [3.63, 3.8) is 0 Å². The lowest BCUT2D eigenvalue weighted by atomic mass is 10.1. The Morgan fingerprint density at radius 2 is 1.77 bits per heavy atom. The second kappa shape index (κ2) is 12.6. The van der Waals surface area contributed by atoms with Crippen molar-refractivity contribution in [1.82, 2.24) is 10.2 Å². The average molecular weight is 465 g/mol. The van der Waals surface area contributed by atoms with Gasteiger partial charge < -0.3 is 15.0 Å². The Balaban J connectivity index is 2.06. The zero-order valence-corrected chi connectivity index (χ0v) is 19.8. The van der Waals surface area contributed by atoms with Crippen LogP contribution in [-0.4, -0.2) is 35.9 Å². The summed E-state index contributed by atoms with van der Waals surface area (Å²) in [6, 6.07) is 12.5. The fraction of sp³-hybridized carbons (Fsp3) is 0.417. The topological polar surface area (TPSA) is 58.6 Å². The fourth-order valence-corrected chi connectivity index (χ4v) is 3.56. The molecule has 0 spiro atoms. The number of carbonyl (C=O) groups excluding carboxylic acids is 2. The molecule has 0 saturated heterocycles. The number of nitrogens with zero attached hydrogens (tertiary/aromatic N) is 1. The first-order valence-electron chi connectivity index (χ1n) is 10.6. The zero-order valence-electron chi connectivity index (χ0n) is 18.3. The SMILES string of the molecule is CCNC(=O)C(CC)N(Cc1ccc(Cl)c(Cl)c1)C(=O)CCCOc1ccc(C)cc1. The number of benzene rings is 2. The van der Waals surface area contributed by atoms with E-state index in [1.807, 2.05) is 51.1 Å². The molecule has 1 N–H and O–H groups in total. The van der Waals surface area contributed by atoms with Crippen molar-refractivity contribution in [1.29, 1.82) is 0 Å². The Bertz CT molecular complexity index is 872. The van der Waals surface area contributed by atoms with Gasteiger partial charge in [-0.2, -0.15) is 0 Å². The first kappa shape index (κ1) is 25.0. The number of hydrogen-bond acceptors (Lipinski definition) is 3. The number of nitrogens with one attached hydrogen (secondary N) is 1. The monoisotopic (exact) mass is 464 g/mol. The lowest BCUT2D eigenvalue weighted by Gasteiger charge is -2.30. The smallest absolute Gasteiger partial charge is 0.242 e. The third kappa shape index (κ3) is 7.75. The van der Waals surface area contributed by atoms with Crippen LogP contribution < -0.4 is 10.1 Å². The fourth-order valence-electron chi connectivity index (χ4n) is 3.24. The van der Waals surface area contributed by atoms with Gasteiger partial charge in [0.2, 0.25) is 11.8 Å². The van der Waals surface area contributed by atoms with Crippen molar-refractivity contribution in [3.05, 3.63) is 63.6 Å². The number of halogens is 2. The Morgan fingerprint density at radius 1 is 1.06 bits per heavy atom. The summed E-state index contributed by atoms with van der Waals surface area (Å²) in [7, 11) is 0. The van der Waals surface area contributed by atoms with Crippen LogP contribution in [0.4, 0.5) is 0 Å². The van der Waals surface area contributed by atoms with Crippen LogP contribution in [-0.2, 0) is 16.1 Å². The molecular formula is C24H30Cl2N2O3. The van der Waals surface area contributed by atoms with Gasteiger partial charge >= 0.3 is 0 Å². The highest BCUT2D eigenvalue weighted by Gasteiger charge is 2.28.